The highest BCUT2D eigenvalue weighted by Crippen LogP contribution is 2.41. The van der Waals surface area contributed by atoms with E-state index in [9.17, 15) is 4.79 Å². The number of carbonyl (C=O) groups excluding carboxylic acids is 1. The molecule has 1 aromatic heterocycles. The number of benzene rings is 2. The topological polar surface area (TPSA) is 59.9 Å². The molecule has 0 spiro atoms. The first-order valence-corrected chi connectivity index (χ1v) is 9.52. The summed E-state index contributed by atoms with van der Waals surface area (Å²) >= 11 is 19.7. The van der Waals surface area contributed by atoms with Crippen molar-refractivity contribution in [2.24, 2.45) is 5.10 Å². The van der Waals surface area contributed by atoms with E-state index in [1.165, 1.54) is 17.6 Å². The monoisotopic (exact) mass is 442 g/mol. The Labute approximate surface area is 174 Å². The third kappa shape index (κ3) is 4.14. The van der Waals surface area contributed by atoms with Crippen molar-refractivity contribution in [1.29, 1.82) is 0 Å². The smallest absolute Gasteiger partial charge is 0.283 e. The van der Waals surface area contributed by atoms with E-state index in [0.29, 0.717) is 31.8 Å². The standard InChI is InChI=1S/C18H13Cl3N2O3S/c1-25-12-4-3-9(5-13(12)26-2)8-22-23-18(24)17-16(21)15-11(20)6-10(19)7-14(15)27-17/h3-8H,1-2H3,(H,23,24)/b22-8+. The van der Waals surface area contributed by atoms with Gasteiger partial charge in [-0.25, -0.2) is 5.43 Å². The van der Waals surface area contributed by atoms with E-state index in [4.69, 9.17) is 44.3 Å². The van der Waals surface area contributed by atoms with E-state index in [1.807, 2.05) is 0 Å². The molecule has 0 radical (unpaired) electrons. The fourth-order valence-corrected chi connectivity index (χ4v) is 4.68. The minimum atomic E-state index is -0.440. The van der Waals surface area contributed by atoms with E-state index in [0.717, 1.165) is 10.3 Å². The number of hydrazone groups is 1. The molecule has 0 saturated heterocycles. The fraction of sp³-hybridized carbons (Fsp3) is 0.111. The second-order valence-electron chi connectivity index (χ2n) is 5.32. The second kappa shape index (κ2) is 8.35. The molecule has 3 aromatic rings. The van der Waals surface area contributed by atoms with E-state index in [-0.39, 0.29) is 5.02 Å². The van der Waals surface area contributed by atoms with Crippen LogP contribution < -0.4 is 14.9 Å². The van der Waals surface area contributed by atoms with E-state index >= 15 is 0 Å². The van der Waals surface area contributed by atoms with Crippen molar-refractivity contribution < 1.29 is 14.3 Å². The normalized spacial score (nSPS) is 11.1. The van der Waals surface area contributed by atoms with Crippen LogP contribution in [0.5, 0.6) is 11.5 Å². The number of halogens is 3. The third-order valence-electron chi connectivity index (χ3n) is 3.64. The van der Waals surface area contributed by atoms with Crippen molar-refractivity contribution in [3.63, 3.8) is 0 Å². The summed E-state index contributed by atoms with van der Waals surface area (Å²) in [6.07, 6.45) is 1.49. The number of carbonyl (C=O) groups is 1. The van der Waals surface area contributed by atoms with Crippen LogP contribution in [0.15, 0.2) is 35.4 Å². The molecule has 0 bridgehead atoms. The Morgan fingerprint density at radius 1 is 1.11 bits per heavy atom. The molecule has 27 heavy (non-hydrogen) atoms. The second-order valence-corrected chi connectivity index (χ2v) is 7.59. The molecular formula is C18H13Cl3N2O3S. The molecule has 0 saturated carbocycles. The van der Waals surface area contributed by atoms with Crippen LogP contribution in [0.2, 0.25) is 15.1 Å². The largest absolute Gasteiger partial charge is 0.493 e. The van der Waals surface area contributed by atoms with Gasteiger partial charge in [-0.2, -0.15) is 5.10 Å². The Hall–Kier alpha value is -1.99. The summed E-state index contributed by atoms with van der Waals surface area (Å²) in [6.45, 7) is 0. The summed E-state index contributed by atoms with van der Waals surface area (Å²) in [5, 5.41) is 5.71. The van der Waals surface area contributed by atoms with Crippen LogP contribution in [0.4, 0.5) is 0 Å². The average molecular weight is 444 g/mol. The summed E-state index contributed by atoms with van der Waals surface area (Å²) in [4.78, 5) is 12.7. The molecule has 1 amide bonds. The first kappa shape index (κ1) is 19.8. The maximum absolute atomic E-state index is 12.4. The van der Waals surface area contributed by atoms with Gasteiger partial charge in [0.25, 0.3) is 5.91 Å². The molecule has 9 heteroatoms. The van der Waals surface area contributed by atoms with Gasteiger partial charge in [0.05, 0.1) is 30.5 Å². The minimum Gasteiger partial charge on any atom is -0.493 e. The van der Waals surface area contributed by atoms with E-state index in [1.54, 1.807) is 44.6 Å². The van der Waals surface area contributed by atoms with Crippen LogP contribution in [-0.4, -0.2) is 26.3 Å². The molecule has 5 nitrogen and oxygen atoms in total. The highest BCUT2D eigenvalue weighted by Gasteiger charge is 2.19. The highest BCUT2D eigenvalue weighted by molar-refractivity contribution is 7.21. The van der Waals surface area contributed by atoms with Crippen molar-refractivity contribution in [2.45, 2.75) is 0 Å². The van der Waals surface area contributed by atoms with Gasteiger partial charge in [0, 0.05) is 15.1 Å². The molecule has 0 fully saturated rings. The Balaban J connectivity index is 1.80. The zero-order chi connectivity index (χ0) is 19.6. The number of fused-ring (bicyclic) bond motifs is 1. The van der Waals surface area contributed by atoms with Crippen molar-refractivity contribution in [1.82, 2.24) is 5.43 Å². The van der Waals surface area contributed by atoms with Gasteiger partial charge < -0.3 is 9.47 Å². The van der Waals surface area contributed by atoms with E-state index in [2.05, 4.69) is 10.5 Å². The zero-order valence-corrected chi connectivity index (χ0v) is 17.3. The SMILES string of the molecule is COc1ccc(/C=N/NC(=O)c2sc3cc(Cl)cc(Cl)c3c2Cl)cc1OC. The number of methoxy groups -OCH3 is 2. The average Bonchev–Trinajstić information content (AvgIpc) is 2.98. The lowest BCUT2D eigenvalue weighted by molar-refractivity contribution is 0.0959. The van der Waals surface area contributed by atoms with Crippen LogP contribution in [0.25, 0.3) is 10.1 Å². The summed E-state index contributed by atoms with van der Waals surface area (Å²) in [5.74, 6) is 0.725. The maximum Gasteiger partial charge on any atom is 0.283 e. The first-order chi connectivity index (χ1) is 12.9. The lowest BCUT2D eigenvalue weighted by atomic mass is 10.2. The number of hydrogen-bond acceptors (Lipinski definition) is 5. The quantitative estimate of drug-likeness (QED) is 0.410. The predicted molar refractivity (Wildman–Crippen MR) is 111 cm³/mol. The van der Waals surface area contributed by atoms with Gasteiger partial charge >= 0.3 is 0 Å². The molecule has 0 aliphatic rings. The van der Waals surface area contributed by atoms with Crippen LogP contribution >= 0.6 is 46.1 Å². The van der Waals surface area contributed by atoms with Crippen molar-refractivity contribution in [2.75, 3.05) is 14.2 Å². The van der Waals surface area contributed by atoms with E-state index < -0.39 is 5.91 Å². The summed E-state index contributed by atoms with van der Waals surface area (Å²) in [7, 11) is 3.10. The first-order valence-electron chi connectivity index (χ1n) is 7.57. The third-order valence-corrected chi connectivity index (χ3v) is 5.79. The number of ether oxygens (including phenoxy) is 2. The van der Waals surface area contributed by atoms with Gasteiger partial charge in [-0.3, -0.25) is 4.79 Å². The van der Waals surface area contributed by atoms with Crippen molar-refractivity contribution >= 4 is 68.3 Å². The number of thiophene rings is 1. The number of nitrogens with one attached hydrogen (secondary N) is 1. The van der Waals surface area contributed by atoms with Crippen molar-refractivity contribution in [3.05, 3.63) is 55.8 Å². The Kier molecular flexibility index (Phi) is 6.11. The van der Waals surface area contributed by atoms with Crippen LogP contribution in [0.3, 0.4) is 0 Å². The van der Waals surface area contributed by atoms with Crippen LogP contribution in [0, 0.1) is 0 Å². The Bertz CT molecular complexity index is 1050. The number of amides is 1. The molecule has 3 rings (SSSR count). The van der Waals surface area contributed by atoms with Gasteiger partial charge in [-0.1, -0.05) is 34.8 Å². The molecule has 0 aliphatic carbocycles. The molecule has 1 heterocycles. The number of hydrogen-bond donors (Lipinski definition) is 1. The van der Waals surface area contributed by atoms with Crippen LogP contribution in [-0.2, 0) is 0 Å². The molecule has 0 aliphatic heterocycles. The summed E-state index contributed by atoms with van der Waals surface area (Å²) in [6, 6.07) is 8.56. The lowest BCUT2D eigenvalue weighted by Crippen LogP contribution is -2.16. The van der Waals surface area contributed by atoms with Crippen LogP contribution in [0.1, 0.15) is 15.2 Å². The van der Waals surface area contributed by atoms with Gasteiger partial charge in [0.1, 0.15) is 4.88 Å². The predicted octanol–water partition coefficient (Wildman–Crippen LogP) is 5.64. The lowest BCUT2D eigenvalue weighted by Gasteiger charge is -2.07. The molecule has 0 atom stereocenters. The van der Waals surface area contributed by atoms with Gasteiger partial charge in [-0.15, -0.1) is 11.3 Å². The molecular weight excluding hydrogens is 431 g/mol. The summed E-state index contributed by atoms with van der Waals surface area (Å²) in [5.41, 5.74) is 3.18. The maximum atomic E-state index is 12.4. The summed E-state index contributed by atoms with van der Waals surface area (Å²) < 4.78 is 11.1. The zero-order valence-electron chi connectivity index (χ0n) is 14.2. The van der Waals surface area contributed by atoms with Gasteiger partial charge in [0.2, 0.25) is 0 Å². The Morgan fingerprint density at radius 3 is 2.56 bits per heavy atom. The Morgan fingerprint density at radius 2 is 1.85 bits per heavy atom. The molecule has 140 valence electrons. The minimum absolute atomic E-state index is 0.274. The van der Waals surface area contributed by atoms with Gasteiger partial charge in [-0.05, 0) is 35.9 Å². The van der Waals surface area contributed by atoms with Gasteiger partial charge in [0.15, 0.2) is 11.5 Å². The number of rotatable bonds is 5. The molecule has 1 N–H and O–H groups in total. The molecule has 0 unspecified atom stereocenters. The number of nitrogens with zero attached hydrogens (tertiary/aromatic N) is 1. The molecule has 2 aromatic carbocycles. The highest BCUT2D eigenvalue weighted by atomic mass is 35.5. The fourth-order valence-electron chi connectivity index (χ4n) is 2.41. The van der Waals surface area contributed by atoms with Crippen molar-refractivity contribution in [3.8, 4) is 11.5 Å².